The van der Waals surface area contributed by atoms with Gasteiger partial charge in [-0.1, -0.05) is 103 Å². The number of furan rings is 1. The van der Waals surface area contributed by atoms with Crippen LogP contribution in [-0.4, -0.2) is 15.0 Å². The highest BCUT2D eigenvalue weighted by atomic mass is 32.1. The van der Waals surface area contributed by atoms with Crippen molar-refractivity contribution in [3.05, 3.63) is 149 Å². The minimum absolute atomic E-state index is 0.667. The maximum Gasteiger partial charge on any atom is 0.164 e. The van der Waals surface area contributed by atoms with E-state index in [0.29, 0.717) is 17.5 Å². The van der Waals surface area contributed by atoms with Gasteiger partial charge in [-0.25, -0.2) is 15.0 Å². The van der Waals surface area contributed by atoms with Gasteiger partial charge in [-0.3, -0.25) is 0 Å². The Labute approximate surface area is 281 Å². The monoisotopic (exact) mass is 635 g/mol. The number of benzene rings is 5. The number of aromatic nitrogens is 3. The summed E-state index contributed by atoms with van der Waals surface area (Å²) >= 11 is 1.85. The van der Waals surface area contributed by atoms with Crippen LogP contribution in [0.15, 0.2) is 126 Å². The van der Waals surface area contributed by atoms with Crippen molar-refractivity contribution >= 4 is 54.8 Å². The Morgan fingerprint density at radius 1 is 0.625 bits per heavy atom. The number of hydrogen-bond donors (Lipinski definition) is 0. The zero-order valence-electron chi connectivity index (χ0n) is 26.1. The number of aryl methyl sites for hydroxylation is 2. The Balaban J connectivity index is 1.22. The highest BCUT2D eigenvalue weighted by Crippen LogP contribution is 2.43. The van der Waals surface area contributed by atoms with Crippen molar-refractivity contribution in [2.75, 3.05) is 0 Å². The summed E-state index contributed by atoms with van der Waals surface area (Å²) in [5.41, 5.74) is 8.79. The molecule has 0 spiro atoms. The fourth-order valence-corrected chi connectivity index (χ4v) is 8.68. The molecule has 0 atom stereocenters. The van der Waals surface area contributed by atoms with Crippen molar-refractivity contribution in [1.82, 2.24) is 15.0 Å². The number of allylic oxidation sites excluding steroid dienone is 2. The van der Waals surface area contributed by atoms with E-state index in [1.54, 1.807) is 0 Å². The third-order valence-electron chi connectivity index (χ3n) is 9.68. The summed E-state index contributed by atoms with van der Waals surface area (Å²) in [6.07, 6.45) is 10.8. The molecule has 0 aliphatic heterocycles. The Hall–Kier alpha value is -5.65. The first-order valence-electron chi connectivity index (χ1n) is 16.6. The fourth-order valence-electron chi connectivity index (χ4n) is 7.47. The maximum absolute atomic E-state index is 6.37. The first-order valence-corrected chi connectivity index (χ1v) is 17.4. The van der Waals surface area contributed by atoms with Gasteiger partial charge >= 0.3 is 0 Å². The van der Waals surface area contributed by atoms with E-state index in [1.807, 2.05) is 17.4 Å². The van der Waals surface area contributed by atoms with E-state index in [2.05, 4.69) is 121 Å². The second kappa shape index (κ2) is 11.0. The van der Waals surface area contributed by atoms with E-state index in [-0.39, 0.29) is 0 Å². The Morgan fingerprint density at radius 2 is 1.40 bits per heavy atom. The SMILES string of the molecule is C1=Cc2sc3cccc(-c4nc(-c5ccc6ccccc6c5)nc(-c5ccccc5C5=CCCc6oc7ccccc7c65)n4)c3c2CC1. The Bertz CT molecular complexity index is 2640. The second-order valence-electron chi connectivity index (χ2n) is 12.5. The molecule has 10 rings (SSSR count). The first-order chi connectivity index (χ1) is 23.8. The summed E-state index contributed by atoms with van der Waals surface area (Å²) in [7, 11) is 0. The summed E-state index contributed by atoms with van der Waals surface area (Å²) in [6.45, 7) is 0. The van der Waals surface area contributed by atoms with Crippen molar-refractivity contribution in [2.24, 2.45) is 0 Å². The average Bonchev–Trinajstić information content (AvgIpc) is 3.73. The lowest BCUT2D eigenvalue weighted by atomic mass is 9.87. The smallest absolute Gasteiger partial charge is 0.164 e. The van der Waals surface area contributed by atoms with Gasteiger partial charge in [0.1, 0.15) is 11.3 Å². The van der Waals surface area contributed by atoms with Crippen LogP contribution in [0.25, 0.3) is 77.6 Å². The van der Waals surface area contributed by atoms with Crippen LogP contribution in [0.4, 0.5) is 0 Å². The normalized spacial score (nSPS) is 14.0. The molecule has 48 heavy (non-hydrogen) atoms. The largest absolute Gasteiger partial charge is 0.460 e. The molecule has 5 aromatic carbocycles. The van der Waals surface area contributed by atoms with Crippen molar-refractivity contribution in [1.29, 1.82) is 0 Å². The van der Waals surface area contributed by atoms with Crippen LogP contribution < -0.4 is 0 Å². The summed E-state index contributed by atoms with van der Waals surface area (Å²) in [6, 6.07) is 38.3. The summed E-state index contributed by atoms with van der Waals surface area (Å²) < 4.78 is 7.64. The van der Waals surface area contributed by atoms with E-state index >= 15 is 0 Å². The van der Waals surface area contributed by atoms with Gasteiger partial charge in [-0.15, -0.1) is 11.3 Å². The summed E-state index contributed by atoms with van der Waals surface area (Å²) in [5.74, 6) is 3.08. The highest BCUT2D eigenvalue weighted by molar-refractivity contribution is 7.20. The Morgan fingerprint density at radius 3 is 2.33 bits per heavy atom. The average molecular weight is 636 g/mol. The molecule has 0 fully saturated rings. The quantitative estimate of drug-likeness (QED) is 0.193. The first kappa shape index (κ1) is 27.5. The van der Waals surface area contributed by atoms with Gasteiger partial charge in [0.05, 0.1) is 0 Å². The molecule has 2 aliphatic rings. The zero-order chi connectivity index (χ0) is 31.6. The molecule has 0 N–H and O–H groups in total. The van der Waals surface area contributed by atoms with Crippen molar-refractivity contribution in [3.63, 3.8) is 0 Å². The fraction of sp³-hybridized carbons (Fsp3) is 0.0930. The molecule has 0 saturated heterocycles. The highest BCUT2D eigenvalue weighted by Gasteiger charge is 2.25. The number of rotatable bonds is 4. The van der Waals surface area contributed by atoms with E-state index in [1.165, 1.54) is 37.0 Å². The van der Waals surface area contributed by atoms with Gasteiger partial charge in [0.25, 0.3) is 0 Å². The van der Waals surface area contributed by atoms with Gasteiger partial charge < -0.3 is 4.42 Å². The number of fused-ring (bicyclic) bond motifs is 7. The van der Waals surface area contributed by atoms with Gasteiger partial charge in [-0.2, -0.15) is 0 Å². The molecule has 0 bridgehead atoms. The summed E-state index contributed by atoms with van der Waals surface area (Å²) in [5, 5.41) is 4.76. The molecule has 0 saturated carbocycles. The van der Waals surface area contributed by atoms with Crippen LogP contribution >= 0.6 is 11.3 Å². The van der Waals surface area contributed by atoms with E-state index in [0.717, 1.165) is 70.1 Å². The molecule has 3 heterocycles. The van der Waals surface area contributed by atoms with Crippen LogP contribution in [0.3, 0.4) is 0 Å². The van der Waals surface area contributed by atoms with E-state index in [4.69, 9.17) is 19.4 Å². The van der Waals surface area contributed by atoms with Crippen LogP contribution in [0.2, 0.25) is 0 Å². The second-order valence-corrected chi connectivity index (χ2v) is 13.6. The van der Waals surface area contributed by atoms with Gasteiger partial charge in [-0.05, 0) is 71.0 Å². The molecule has 0 unspecified atom stereocenters. The molecular weight excluding hydrogens is 607 g/mol. The van der Waals surface area contributed by atoms with Crippen LogP contribution in [0, 0.1) is 0 Å². The standard InChI is InChI=1S/C43H29N3OS/c1-2-12-27-25-28(24-23-26(27)11-1)41-44-42(46-43(45-41)34-18-10-22-38-40(34)33-16-6-8-21-37(33)48-38)31-14-4-3-13-29(31)30-17-9-20-36-39(30)32-15-5-7-19-35(32)47-36/h1-5,7-8,10-15,17-19,21-25H,6,9,16,20H2. The van der Waals surface area contributed by atoms with Gasteiger partial charge in [0.2, 0.25) is 0 Å². The molecule has 0 radical (unpaired) electrons. The molecular formula is C43H29N3OS. The van der Waals surface area contributed by atoms with Crippen LogP contribution in [-0.2, 0) is 12.8 Å². The van der Waals surface area contributed by atoms with Gasteiger partial charge in [0, 0.05) is 49.0 Å². The summed E-state index contributed by atoms with van der Waals surface area (Å²) in [4.78, 5) is 17.1. The van der Waals surface area contributed by atoms with Crippen LogP contribution in [0.5, 0.6) is 0 Å². The third-order valence-corrected chi connectivity index (χ3v) is 10.8. The maximum atomic E-state index is 6.37. The minimum Gasteiger partial charge on any atom is -0.460 e. The number of thiophene rings is 1. The molecule has 8 aromatic rings. The van der Waals surface area contributed by atoms with Crippen LogP contribution in [0.1, 0.15) is 40.2 Å². The molecule has 5 heteroatoms. The van der Waals surface area contributed by atoms with Gasteiger partial charge in [0.15, 0.2) is 17.5 Å². The third kappa shape index (κ3) is 4.39. The lowest BCUT2D eigenvalue weighted by Crippen LogP contribution is -2.04. The van der Waals surface area contributed by atoms with Crippen molar-refractivity contribution in [3.8, 4) is 34.2 Å². The molecule has 228 valence electrons. The predicted octanol–water partition coefficient (Wildman–Crippen LogP) is 11.3. The molecule has 3 aromatic heterocycles. The molecule has 2 aliphatic carbocycles. The minimum atomic E-state index is 0.667. The van der Waals surface area contributed by atoms with Crippen molar-refractivity contribution < 1.29 is 4.42 Å². The van der Waals surface area contributed by atoms with Crippen molar-refractivity contribution in [2.45, 2.75) is 25.7 Å². The molecule has 0 amide bonds. The topological polar surface area (TPSA) is 51.8 Å². The molecule has 4 nitrogen and oxygen atoms in total. The van der Waals surface area contributed by atoms with E-state index < -0.39 is 0 Å². The van der Waals surface area contributed by atoms with E-state index in [9.17, 15) is 0 Å². The Kier molecular flexibility index (Phi) is 6.27. The number of para-hydroxylation sites is 1. The number of nitrogens with zero attached hydrogens (tertiary/aromatic N) is 3. The lowest BCUT2D eigenvalue weighted by molar-refractivity contribution is 0.545. The lowest BCUT2D eigenvalue weighted by Gasteiger charge is -2.17. The number of hydrogen-bond acceptors (Lipinski definition) is 5. The zero-order valence-corrected chi connectivity index (χ0v) is 26.9. The predicted molar refractivity (Wildman–Crippen MR) is 198 cm³/mol.